The number of nitrogens with zero attached hydrogens (tertiary/aromatic N) is 2. The number of carbonyl (C=O) groups excluding carboxylic acids is 1. The molecule has 30 heavy (non-hydrogen) atoms. The molecule has 0 unspecified atom stereocenters. The van der Waals surface area contributed by atoms with Gasteiger partial charge in [-0.2, -0.15) is 0 Å². The maximum absolute atomic E-state index is 13.3. The second-order valence-corrected chi connectivity index (χ2v) is 7.44. The molecule has 156 valence electrons. The van der Waals surface area contributed by atoms with Crippen LogP contribution in [0.4, 0.5) is 0 Å². The molecule has 1 amide bonds. The van der Waals surface area contributed by atoms with E-state index in [1.807, 2.05) is 12.1 Å². The first-order chi connectivity index (χ1) is 14.6. The third kappa shape index (κ3) is 3.63. The molecule has 7 heteroatoms. The van der Waals surface area contributed by atoms with Crippen LogP contribution in [0.5, 0.6) is 11.5 Å². The molecule has 0 spiro atoms. The van der Waals surface area contributed by atoms with Gasteiger partial charge in [0.1, 0.15) is 22.9 Å². The quantitative estimate of drug-likeness (QED) is 0.695. The van der Waals surface area contributed by atoms with Gasteiger partial charge in [-0.15, -0.1) is 0 Å². The Hall–Kier alpha value is -3.35. The highest BCUT2D eigenvalue weighted by Gasteiger charge is 2.25. The van der Waals surface area contributed by atoms with E-state index in [0.29, 0.717) is 28.2 Å². The number of hydrogen-bond donors (Lipinski definition) is 1. The number of fused-ring (bicyclic) bond motifs is 1. The molecule has 2 aromatic carbocycles. The van der Waals surface area contributed by atoms with Gasteiger partial charge in [0.2, 0.25) is 0 Å². The summed E-state index contributed by atoms with van der Waals surface area (Å²) in [6, 6.07) is 12.3. The van der Waals surface area contributed by atoms with Crippen LogP contribution in [0.3, 0.4) is 0 Å². The van der Waals surface area contributed by atoms with Crippen molar-refractivity contribution in [3.8, 4) is 11.5 Å². The zero-order chi connectivity index (χ0) is 21.1. The molecular formula is C23H25N3O4. The van der Waals surface area contributed by atoms with Gasteiger partial charge in [0, 0.05) is 5.92 Å². The Labute approximate surface area is 174 Å². The van der Waals surface area contributed by atoms with Crippen LogP contribution in [0.15, 0.2) is 47.3 Å². The largest absolute Gasteiger partial charge is 0.496 e. The minimum atomic E-state index is -0.486. The summed E-state index contributed by atoms with van der Waals surface area (Å²) in [7, 11) is 2.98. The number of nitrogens with one attached hydrogen (secondary N) is 1. The maximum Gasteiger partial charge on any atom is 0.280 e. The number of methoxy groups -OCH3 is 2. The van der Waals surface area contributed by atoms with Gasteiger partial charge in [-0.3, -0.25) is 15.0 Å². The second kappa shape index (κ2) is 8.57. The van der Waals surface area contributed by atoms with Crippen molar-refractivity contribution in [1.82, 2.24) is 9.66 Å². The summed E-state index contributed by atoms with van der Waals surface area (Å²) in [4.78, 5) is 31.3. The molecule has 1 aliphatic rings. The fourth-order valence-corrected chi connectivity index (χ4v) is 4.13. The lowest BCUT2D eigenvalue weighted by Crippen LogP contribution is -2.37. The lowest BCUT2D eigenvalue weighted by molar-refractivity contribution is 0.0999. The molecule has 1 heterocycles. The number of hydrogen-bond acceptors (Lipinski definition) is 5. The van der Waals surface area contributed by atoms with Crippen molar-refractivity contribution < 1.29 is 14.3 Å². The van der Waals surface area contributed by atoms with Gasteiger partial charge in [0.25, 0.3) is 11.5 Å². The van der Waals surface area contributed by atoms with Crippen molar-refractivity contribution in [2.75, 3.05) is 19.6 Å². The minimum Gasteiger partial charge on any atom is -0.496 e. The summed E-state index contributed by atoms with van der Waals surface area (Å²) in [6.07, 6.45) is 5.24. The minimum absolute atomic E-state index is 0.121. The van der Waals surface area contributed by atoms with Crippen LogP contribution in [-0.2, 0) is 0 Å². The van der Waals surface area contributed by atoms with E-state index in [1.165, 1.54) is 25.3 Å². The topological polar surface area (TPSA) is 82.4 Å². The normalized spacial score (nSPS) is 14.5. The van der Waals surface area contributed by atoms with Crippen LogP contribution in [0, 0.1) is 0 Å². The van der Waals surface area contributed by atoms with E-state index in [-0.39, 0.29) is 17.0 Å². The highest BCUT2D eigenvalue weighted by atomic mass is 16.5. The van der Waals surface area contributed by atoms with E-state index < -0.39 is 5.91 Å². The van der Waals surface area contributed by atoms with Crippen LogP contribution in [0.25, 0.3) is 10.9 Å². The van der Waals surface area contributed by atoms with Crippen LogP contribution in [-0.4, -0.2) is 29.8 Å². The first-order valence-corrected chi connectivity index (χ1v) is 10.2. The summed E-state index contributed by atoms with van der Waals surface area (Å²) in [6.45, 7) is 0. The fourth-order valence-electron chi connectivity index (χ4n) is 4.13. The van der Waals surface area contributed by atoms with Crippen LogP contribution < -0.4 is 20.5 Å². The zero-order valence-corrected chi connectivity index (χ0v) is 17.2. The molecule has 7 nitrogen and oxygen atoms in total. The van der Waals surface area contributed by atoms with Crippen molar-refractivity contribution in [2.45, 2.75) is 38.0 Å². The highest BCUT2D eigenvalue weighted by Crippen LogP contribution is 2.32. The van der Waals surface area contributed by atoms with Gasteiger partial charge < -0.3 is 9.47 Å². The third-order valence-electron chi connectivity index (χ3n) is 5.64. The first-order valence-electron chi connectivity index (χ1n) is 10.2. The monoisotopic (exact) mass is 407 g/mol. The van der Waals surface area contributed by atoms with Crippen molar-refractivity contribution in [3.05, 3.63) is 64.2 Å². The van der Waals surface area contributed by atoms with Crippen molar-refractivity contribution in [1.29, 1.82) is 0 Å². The van der Waals surface area contributed by atoms with E-state index >= 15 is 0 Å². The second-order valence-electron chi connectivity index (χ2n) is 7.44. The van der Waals surface area contributed by atoms with Gasteiger partial charge >= 0.3 is 0 Å². The van der Waals surface area contributed by atoms with Gasteiger partial charge in [-0.05, 0) is 37.1 Å². The number of carbonyl (C=O) groups is 1. The first kappa shape index (κ1) is 19.9. The summed E-state index contributed by atoms with van der Waals surface area (Å²) in [5.41, 5.74) is 3.36. The summed E-state index contributed by atoms with van der Waals surface area (Å²) < 4.78 is 12.0. The molecule has 1 saturated carbocycles. The number of amides is 1. The summed E-state index contributed by atoms with van der Waals surface area (Å²) in [5.74, 6) is 0.970. The van der Waals surface area contributed by atoms with Crippen LogP contribution >= 0.6 is 0 Å². The molecule has 1 N–H and O–H groups in total. The number of ether oxygens (including phenoxy) is 2. The Bertz CT molecular complexity index is 1110. The van der Waals surface area contributed by atoms with E-state index in [0.717, 1.165) is 25.7 Å². The standard InChI is InChI=1S/C23H25N3O4/c1-29-18-13-8-14-19(30-2)20(18)22(27)25-26-21(15-9-4-3-5-10-15)24-17-12-7-6-11-16(17)23(26)28/h6-8,11-15H,3-5,9-10H2,1-2H3,(H,25,27). The zero-order valence-electron chi connectivity index (χ0n) is 17.2. The number of para-hydroxylation sites is 1. The Morgan fingerprint density at radius 3 is 2.33 bits per heavy atom. The van der Waals surface area contributed by atoms with Crippen molar-refractivity contribution >= 4 is 16.8 Å². The molecule has 0 atom stereocenters. The lowest BCUT2D eigenvalue weighted by Gasteiger charge is -2.25. The molecule has 1 aromatic heterocycles. The Morgan fingerprint density at radius 2 is 1.67 bits per heavy atom. The van der Waals surface area contributed by atoms with E-state index in [2.05, 4.69) is 5.43 Å². The van der Waals surface area contributed by atoms with Gasteiger partial charge in [0.05, 0.1) is 25.1 Å². The molecule has 1 fully saturated rings. The van der Waals surface area contributed by atoms with Crippen molar-refractivity contribution in [2.24, 2.45) is 0 Å². The van der Waals surface area contributed by atoms with Gasteiger partial charge in [-0.25, -0.2) is 9.66 Å². The molecule has 3 aromatic rings. The Morgan fingerprint density at radius 1 is 1.00 bits per heavy atom. The fraction of sp³-hybridized carbons (Fsp3) is 0.348. The molecule has 0 bridgehead atoms. The molecule has 4 rings (SSSR count). The SMILES string of the molecule is COc1cccc(OC)c1C(=O)Nn1c(C2CCCCC2)nc2ccccc2c1=O. The maximum atomic E-state index is 13.3. The van der Waals surface area contributed by atoms with E-state index in [4.69, 9.17) is 14.5 Å². The van der Waals surface area contributed by atoms with Crippen LogP contribution in [0.1, 0.15) is 54.2 Å². The lowest BCUT2D eigenvalue weighted by atomic mass is 9.88. The average Bonchev–Trinajstić information content (AvgIpc) is 2.80. The molecule has 0 saturated heterocycles. The van der Waals surface area contributed by atoms with Crippen LogP contribution in [0.2, 0.25) is 0 Å². The summed E-state index contributed by atoms with van der Waals surface area (Å²) >= 11 is 0. The smallest absolute Gasteiger partial charge is 0.280 e. The van der Waals surface area contributed by atoms with Gasteiger partial charge in [0.15, 0.2) is 0 Å². The molecular weight excluding hydrogens is 382 g/mol. The molecule has 0 aliphatic heterocycles. The molecule has 0 radical (unpaired) electrons. The van der Waals surface area contributed by atoms with Gasteiger partial charge in [-0.1, -0.05) is 37.5 Å². The number of aromatic nitrogens is 2. The highest BCUT2D eigenvalue weighted by molar-refractivity contribution is 6.04. The van der Waals surface area contributed by atoms with E-state index in [9.17, 15) is 9.59 Å². The number of benzene rings is 2. The molecule has 1 aliphatic carbocycles. The predicted octanol–water partition coefficient (Wildman–Crippen LogP) is 3.85. The summed E-state index contributed by atoms with van der Waals surface area (Å²) in [5, 5.41) is 0.462. The van der Waals surface area contributed by atoms with Crippen molar-refractivity contribution in [3.63, 3.8) is 0 Å². The Kier molecular flexibility index (Phi) is 5.70. The number of rotatable bonds is 5. The van der Waals surface area contributed by atoms with E-state index in [1.54, 1.807) is 30.3 Å². The predicted molar refractivity (Wildman–Crippen MR) is 115 cm³/mol. The Balaban J connectivity index is 1.83. The average molecular weight is 407 g/mol. The third-order valence-corrected chi connectivity index (χ3v) is 5.64.